The summed E-state index contributed by atoms with van der Waals surface area (Å²) in [4.78, 5) is 15.6. The molecule has 0 atom stereocenters. The Balaban J connectivity index is 2.26. The summed E-state index contributed by atoms with van der Waals surface area (Å²) in [6.45, 7) is 1.96. The van der Waals surface area contributed by atoms with Gasteiger partial charge in [0.25, 0.3) is 0 Å². The number of ether oxygens (including phenoxy) is 1. The van der Waals surface area contributed by atoms with Crippen LogP contribution in [0.2, 0.25) is 5.02 Å². The van der Waals surface area contributed by atoms with Crippen LogP contribution in [0.15, 0.2) is 36.5 Å². The lowest BCUT2D eigenvalue weighted by atomic mass is 10.2. The number of carbonyl (C=O) groups excluding carboxylic acids is 1. The highest BCUT2D eigenvalue weighted by molar-refractivity contribution is 6.33. The van der Waals surface area contributed by atoms with Gasteiger partial charge >= 0.3 is 5.97 Å². The Morgan fingerprint density at radius 1 is 1.32 bits per heavy atom. The summed E-state index contributed by atoms with van der Waals surface area (Å²) in [6.07, 6.45) is 1.54. The molecule has 0 saturated heterocycles. The number of esters is 1. The number of carbonyl (C=O) groups is 1. The van der Waals surface area contributed by atoms with Gasteiger partial charge in [-0.1, -0.05) is 17.7 Å². The minimum Gasteiger partial charge on any atom is -0.465 e. The lowest BCUT2D eigenvalue weighted by Crippen LogP contribution is -2.03. The van der Waals surface area contributed by atoms with Gasteiger partial charge in [0.05, 0.1) is 23.4 Å². The molecule has 1 N–H and O–H groups in total. The van der Waals surface area contributed by atoms with Gasteiger partial charge < -0.3 is 10.1 Å². The van der Waals surface area contributed by atoms with Crippen LogP contribution in [0.5, 0.6) is 0 Å². The molecule has 0 unspecified atom stereocenters. The molecule has 0 aliphatic rings. The zero-order chi connectivity index (χ0) is 13.8. The number of anilines is 2. The van der Waals surface area contributed by atoms with Gasteiger partial charge in [-0.05, 0) is 36.8 Å². The van der Waals surface area contributed by atoms with E-state index in [2.05, 4.69) is 15.0 Å². The van der Waals surface area contributed by atoms with Crippen molar-refractivity contribution >= 4 is 29.1 Å². The molecule has 19 heavy (non-hydrogen) atoms. The van der Waals surface area contributed by atoms with E-state index < -0.39 is 5.97 Å². The number of rotatable bonds is 3. The van der Waals surface area contributed by atoms with Gasteiger partial charge in [-0.3, -0.25) is 0 Å². The molecule has 0 amide bonds. The second-order valence-corrected chi connectivity index (χ2v) is 4.44. The smallest absolute Gasteiger partial charge is 0.338 e. The standard InChI is InChI=1S/C14H13ClN2O2/c1-9-3-4-12(11(15)7-9)17-13-8-10(5-6-16-13)14(18)19-2/h3-8H,1-2H3,(H,16,17). The van der Waals surface area contributed by atoms with Crippen LogP contribution < -0.4 is 5.32 Å². The third-order valence-corrected chi connectivity index (χ3v) is 2.88. The average Bonchev–Trinajstić information content (AvgIpc) is 2.41. The quantitative estimate of drug-likeness (QED) is 0.871. The molecule has 0 bridgehead atoms. The van der Waals surface area contributed by atoms with E-state index in [0.717, 1.165) is 11.3 Å². The largest absolute Gasteiger partial charge is 0.465 e. The third-order valence-electron chi connectivity index (χ3n) is 2.57. The number of benzene rings is 1. The van der Waals surface area contributed by atoms with Crippen molar-refractivity contribution in [1.82, 2.24) is 4.98 Å². The van der Waals surface area contributed by atoms with Crippen LogP contribution in [0, 0.1) is 6.92 Å². The fraction of sp³-hybridized carbons (Fsp3) is 0.143. The molecule has 0 aliphatic carbocycles. The Bertz CT molecular complexity index is 614. The van der Waals surface area contributed by atoms with Crippen molar-refractivity contribution in [3.05, 3.63) is 52.7 Å². The first-order chi connectivity index (χ1) is 9.10. The maximum Gasteiger partial charge on any atom is 0.338 e. The van der Waals surface area contributed by atoms with Gasteiger partial charge in [0.1, 0.15) is 5.82 Å². The van der Waals surface area contributed by atoms with Crippen molar-refractivity contribution in [3.63, 3.8) is 0 Å². The van der Waals surface area contributed by atoms with E-state index in [9.17, 15) is 4.79 Å². The summed E-state index contributed by atoms with van der Waals surface area (Å²) in [5.74, 6) is 0.133. The highest BCUT2D eigenvalue weighted by atomic mass is 35.5. The molecule has 5 heteroatoms. The highest BCUT2D eigenvalue weighted by Gasteiger charge is 2.07. The van der Waals surface area contributed by atoms with Gasteiger partial charge in [-0.2, -0.15) is 0 Å². The summed E-state index contributed by atoms with van der Waals surface area (Å²) in [7, 11) is 1.34. The van der Waals surface area contributed by atoms with Gasteiger partial charge in [0, 0.05) is 6.20 Å². The number of methoxy groups -OCH3 is 1. The van der Waals surface area contributed by atoms with E-state index in [4.69, 9.17) is 11.6 Å². The van der Waals surface area contributed by atoms with E-state index in [-0.39, 0.29) is 0 Å². The van der Waals surface area contributed by atoms with E-state index in [1.807, 2.05) is 25.1 Å². The minimum absolute atomic E-state index is 0.402. The van der Waals surface area contributed by atoms with Gasteiger partial charge in [-0.25, -0.2) is 9.78 Å². The first-order valence-electron chi connectivity index (χ1n) is 5.67. The van der Waals surface area contributed by atoms with Crippen LogP contribution in [-0.2, 0) is 4.74 Å². The van der Waals surface area contributed by atoms with Crippen molar-refractivity contribution in [2.75, 3.05) is 12.4 Å². The summed E-state index contributed by atoms with van der Waals surface area (Å²) in [5, 5.41) is 3.67. The predicted octanol–water partition coefficient (Wildman–Crippen LogP) is 3.57. The maximum absolute atomic E-state index is 11.4. The number of pyridine rings is 1. The summed E-state index contributed by atoms with van der Waals surface area (Å²) < 4.78 is 4.66. The number of aromatic nitrogens is 1. The van der Waals surface area contributed by atoms with E-state index in [0.29, 0.717) is 16.4 Å². The maximum atomic E-state index is 11.4. The Kier molecular flexibility index (Phi) is 4.02. The fourth-order valence-electron chi connectivity index (χ4n) is 1.60. The van der Waals surface area contributed by atoms with Crippen LogP contribution in [0.25, 0.3) is 0 Å². The second kappa shape index (κ2) is 5.71. The first kappa shape index (κ1) is 13.4. The van der Waals surface area contributed by atoms with Gasteiger partial charge in [-0.15, -0.1) is 0 Å². The molecule has 1 aromatic carbocycles. The van der Waals surface area contributed by atoms with Crippen LogP contribution >= 0.6 is 11.6 Å². The van der Waals surface area contributed by atoms with Crippen LogP contribution in [0.3, 0.4) is 0 Å². The van der Waals surface area contributed by atoms with Crippen molar-refractivity contribution in [1.29, 1.82) is 0 Å². The van der Waals surface area contributed by atoms with Crippen LogP contribution in [0.4, 0.5) is 11.5 Å². The number of nitrogens with zero attached hydrogens (tertiary/aromatic N) is 1. The van der Waals surface area contributed by atoms with E-state index >= 15 is 0 Å². The predicted molar refractivity (Wildman–Crippen MR) is 75.0 cm³/mol. The summed E-state index contributed by atoms with van der Waals surface area (Å²) in [5.41, 5.74) is 2.25. The number of nitrogens with one attached hydrogen (secondary N) is 1. The molecular formula is C14H13ClN2O2. The molecule has 4 nitrogen and oxygen atoms in total. The lowest BCUT2D eigenvalue weighted by molar-refractivity contribution is 0.0600. The molecule has 0 fully saturated rings. The monoisotopic (exact) mass is 276 g/mol. The topological polar surface area (TPSA) is 51.2 Å². The Morgan fingerprint density at radius 2 is 2.11 bits per heavy atom. The Hall–Kier alpha value is -2.07. The molecule has 0 saturated carbocycles. The van der Waals surface area contributed by atoms with Crippen LogP contribution in [-0.4, -0.2) is 18.1 Å². The number of halogens is 1. The summed E-state index contributed by atoms with van der Waals surface area (Å²) >= 11 is 6.13. The van der Waals surface area contributed by atoms with Crippen molar-refractivity contribution in [2.24, 2.45) is 0 Å². The Labute approximate surface area is 116 Å². The van der Waals surface area contributed by atoms with E-state index in [1.54, 1.807) is 12.1 Å². The molecule has 2 aromatic rings. The van der Waals surface area contributed by atoms with Gasteiger partial charge in [0.15, 0.2) is 0 Å². The molecule has 0 aliphatic heterocycles. The summed E-state index contributed by atoms with van der Waals surface area (Å²) in [6, 6.07) is 8.87. The van der Waals surface area contributed by atoms with Crippen LogP contribution in [0.1, 0.15) is 15.9 Å². The van der Waals surface area contributed by atoms with Crippen molar-refractivity contribution < 1.29 is 9.53 Å². The zero-order valence-corrected chi connectivity index (χ0v) is 11.4. The second-order valence-electron chi connectivity index (χ2n) is 4.03. The number of hydrogen-bond acceptors (Lipinski definition) is 4. The highest BCUT2D eigenvalue weighted by Crippen LogP contribution is 2.25. The third kappa shape index (κ3) is 3.23. The van der Waals surface area contributed by atoms with Gasteiger partial charge in [0.2, 0.25) is 0 Å². The Morgan fingerprint density at radius 3 is 2.79 bits per heavy atom. The first-order valence-corrected chi connectivity index (χ1v) is 6.05. The normalized spacial score (nSPS) is 10.1. The van der Waals surface area contributed by atoms with Crippen molar-refractivity contribution in [2.45, 2.75) is 6.92 Å². The molecule has 0 radical (unpaired) electrons. The SMILES string of the molecule is COC(=O)c1ccnc(Nc2ccc(C)cc2Cl)c1. The number of aryl methyl sites for hydroxylation is 1. The minimum atomic E-state index is -0.402. The average molecular weight is 277 g/mol. The molecule has 98 valence electrons. The van der Waals surface area contributed by atoms with E-state index in [1.165, 1.54) is 13.3 Å². The number of hydrogen-bond donors (Lipinski definition) is 1. The lowest BCUT2D eigenvalue weighted by Gasteiger charge is -2.09. The van der Waals surface area contributed by atoms with Crippen molar-refractivity contribution in [3.8, 4) is 0 Å². The molecule has 1 aromatic heterocycles. The fourth-order valence-corrected chi connectivity index (χ4v) is 1.89. The molecular weight excluding hydrogens is 264 g/mol. The zero-order valence-electron chi connectivity index (χ0n) is 10.6. The molecule has 1 heterocycles. The molecule has 0 spiro atoms. The molecule has 2 rings (SSSR count).